The fraction of sp³-hybridized carbons (Fsp3) is 0.143. The summed E-state index contributed by atoms with van der Waals surface area (Å²) in [4.78, 5) is 0. The Hall–Kier alpha value is -1.27. The van der Waals surface area contributed by atoms with Crippen molar-refractivity contribution in [2.45, 2.75) is 0 Å². The summed E-state index contributed by atoms with van der Waals surface area (Å²) in [6.45, 7) is 2.28. The molecule has 2 aromatic carbocycles. The van der Waals surface area contributed by atoms with Crippen LogP contribution < -0.4 is 15.3 Å². The first-order chi connectivity index (χ1) is 7.81. The third-order valence-electron chi connectivity index (χ3n) is 2.60. The molecule has 0 bridgehead atoms. The molecule has 0 aromatic heterocycles. The molecule has 1 atom stereocenters. The molecule has 2 rings (SSSR count). The second kappa shape index (κ2) is 6.47. The van der Waals surface area contributed by atoms with E-state index in [1.165, 1.54) is 10.6 Å². The highest BCUT2D eigenvalue weighted by Gasteiger charge is 2.06. The first-order valence-electron chi connectivity index (χ1n) is 5.24. The van der Waals surface area contributed by atoms with Gasteiger partial charge in [0.15, 0.2) is 0 Å². The fourth-order valence-electron chi connectivity index (χ4n) is 1.61. The Balaban J connectivity index is 0.00000144. The molecule has 1 unspecified atom stereocenters. The van der Waals surface area contributed by atoms with Gasteiger partial charge in [-0.1, -0.05) is 42.5 Å². The van der Waals surface area contributed by atoms with Crippen LogP contribution in [0.4, 0.5) is 0 Å². The van der Waals surface area contributed by atoms with Gasteiger partial charge >= 0.3 is 0 Å². The quantitative estimate of drug-likeness (QED) is 0.592. The summed E-state index contributed by atoms with van der Waals surface area (Å²) in [5.41, 5.74) is 0. The number of methoxy groups -OCH3 is 1. The highest BCUT2D eigenvalue weighted by atomic mass is 31.1. The van der Waals surface area contributed by atoms with Crippen LogP contribution >= 0.6 is 7.92 Å². The number of hydrogen-bond donors (Lipinski definition) is 0. The first kappa shape index (κ1) is 13.8. The summed E-state index contributed by atoms with van der Waals surface area (Å²) in [6, 6.07) is 19.0. The molecule has 0 heterocycles. The van der Waals surface area contributed by atoms with Gasteiger partial charge in [0.25, 0.3) is 0 Å². The topological polar surface area (TPSA) is 9.23 Å². The Bertz CT molecular complexity index is 442. The van der Waals surface area contributed by atoms with Crippen molar-refractivity contribution in [3.63, 3.8) is 0 Å². The molecule has 0 saturated carbocycles. The van der Waals surface area contributed by atoms with Crippen LogP contribution in [0.15, 0.2) is 54.6 Å². The van der Waals surface area contributed by atoms with Gasteiger partial charge in [-0.25, -0.2) is 0 Å². The van der Waals surface area contributed by atoms with Crippen molar-refractivity contribution in [2.24, 2.45) is 0 Å². The Labute approximate surface area is 106 Å². The molecule has 0 fully saturated rings. The van der Waals surface area contributed by atoms with Gasteiger partial charge in [0.1, 0.15) is 5.75 Å². The molecule has 17 heavy (non-hydrogen) atoms. The van der Waals surface area contributed by atoms with E-state index in [9.17, 15) is 0 Å². The third-order valence-corrected chi connectivity index (χ3v) is 4.75. The van der Waals surface area contributed by atoms with Crippen LogP contribution in [0, 0.1) is 0 Å². The van der Waals surface area contributed by atoms with Crippen LogP contribution in [0.25, 0.3) is 0 Å². The second-order valence-electron chi connectivity index (χ2n) is 3.59. The minimum Gasteiger partial charge on any atom is -0.497 e. The predicted molar refractivity (Wildman–Crippen MR) is 77.3 cm³/mol. The van der Waals surface area contributed by atoms with E-state index in [4.69, 9.17) is 4.74 Å². The number of hydrogen-bond acceptors (Lipinski definition) is 1. The SMILES string of the molecule is COc1ccc(P(C)c2ccccc2)cc1.[B]. The largest absolute Gasteiger partial charge is 0.497 e. The highest BCUT2D eigenvalue weighted by molar-refractivity contribution is 7.72. The summed E-state index contributed by atoms with van der Waals surface area (Å²) >= 11 is 0. The normalized spacial score (nSPS) is 11.4. The van der Waals surface area contributed by atoms with E-state index in [0.29, 0.717) is 0 Å². The van der Waals surface area contributed by atoms with Crippen molar-refractivity contribution in [3.05, 3.63) is 54.6 Å². The summed E-state index contributed by atoms with van der Waals surface area (Å²) in [6.07, 6.45) is 0. The maximum atomic E-state index is 5.16. The van der Waals surface area contributed by atoms with E-state index in [1.54, 1.807) is 7.11 Å². The van der Waals surface area contributed by atoms with Crippen molar-refractivity contribution in [1.29, 1.82) is 0 Å². The lowest BCUT2D eigenvalue weighted by atomic mass is 10.3. The van der Waals surface area contributed by atoms with Crippen molar-refractivity contribution in [1.82, 2.24) is 0 Å². The molecule has 0 aliphatic rings. The molecule has 2 aromatic rings. The summed E-state index contributed by atoms with van der Waals surface area (Å²) < 4.78 is 5.16. The molecular formula is C14H15BOP. The lowest BCUT2D eigenvalue weighted by molar-refractivity contribution is 0.415. The van der Waals surface area contributed by atoms with Gasteiger partial charge < -0.3 is 4.74 Å². The van der Waals surface area contributed by atoms with Gasteiger partial charge in [0.2, 0.25) is 0 Å². The third kappa shape index (κ3) is 3.34. The zero-order valence-electron chi connectivity index (χ0n) is 10.1. The highest BCUT2D eigenvalue weighted by Crippen LogP contribution is 2.28. The first-order valence-corrected chi connectivity index (χ1v) is 7.03. The van der Waals surface area contributed by atoms with Gasteiger partial charge in [-0.2, -0.15) is 0 Å². The fourth-order valence-corrected chi connectivity index (χ4v) is 3.12. The van der Waals surface area contributed by atoms with Crippen molar-refractivity contribution < 1.29 is 4.74 Å². The lowest BCUT2D eigenvalue weighted by Crippen LogP contribution is -2.09. The molecule has 0 amide bonds. The number of benzene rings is 2. The van der Waals surface area contributed by atoms with Crippen LogP contribution in [-0.4, -0.2) is 22.2 Å². The molecule has 0 spiro atoms. The summed E-state index contributed by atoms with van der Waals surface area (Å²) in [5.74, 6) is 0.917. The summed E-state index contributed by atoms with van der Waals surface area (Å²) in [5, 5.41) is 2.78. The van der Waals surface area contributed by atoms with Crippen molar-refractivity contribution in [2.75, 3.05) is 13.8 Å². The van der Waals surface area contributed by atoms with Gasteiger partial charge in [0.05, 0.1) is 7.11 Å². The number of rotatable bonds is 3. The Kier molecular flexibility index (Phi) is 5.25. The molecular weight excluding hydrogens is 226 g/mol. The molecule has 0 aliphatic heterocycles. The zero-order valence-corrected chi connectivity index (χ0v) is 11.0. The maximum absolute atomic E-state index is 5.16. The van der Waals surface area contributed by atoms with E-state index < -0.39 is 0 Å². The van der Waals surface area contributed by atoms with Crippen molar-refractivity contribution in [3.8, 4) is 5.75 Å². The second-order valence-corrected chi connectivity index (χ2v) is 5.74. The minimum atomic E-state index is -0.244. The Morgan fingerprint density at radius 1 is 0.824 bits per heavy atom. The van der Waals surface area contributed by atoms with E-state index in [2.05, 4.69) is 49.1 Å². The van der Waals surface area contributed by atoms with Crippen LogP contribution in [-0.2, 0) is 0 Å². The summed E-state index contributed by atoms with van der Waals surface area (Å²) in [7, 11) is 1.45. The van der Waals surface area contributed by atoms with Crippen LogP contribution in [0.5, 0.6) is 5.75 Å². The van der Waals surface area contributed by atoms with Crippen molar-refractivity contribution >= 4 is 26.9 Å². The van der Waals surface area contributed by atoms with Gasteiger partial charge in [-0.15, -0.1) is 0 Å². The average molecular weight is 241 g/mol. The van der Waals surface area contributed by atoms with Crippen LogP contribution in [0.1, 0.15) is 0 Å². The zero-order chi connectivity index (χ0) is 11.4. The van der Waals surface area contributed by atoms with E-state index in [1.807, 2.05) is 12.1 Å². The molecule has 0 saturated heterocycles. The van der Waals surface area contributed by atoms with Crippen LogP contribution in [0.3, 0.4) is 0 Å². The molecule has 0 aliphatic carbocycles. The van der Waals surface area contributed by atoms with Gasteiger partial charge in [0, 0.05) is 8.41 Å². The molecule has 85 valence electrons. The predicted octanol–water partition coefficient (Wildman–Crippen LogP) is 2.38. The lowest BCUT2D eigenvalue weighted by Gasteiger charge is -2.13. The Morgan fingerprint density at radius 2 is 1.35 bits per heavy atom. The van der Waals surface area contributed by atoms with E-state index in [-0.39, 0.29) is 16.3 Å². The molecule has 3 radical (unpaired) electrons. The van der Waals surface area contributed by atoms with E-state index >= 15 is 0 Å². The van der Waals surface area contributed by atoms with Crippen LogP contribution in [0.2, 0.25) is 0 Å². The minimum absolute atomic E-state index is 0. The number of ether oxygens (including phenoxy) is 1. The monoisotopic (exact) mass is 241 g/mol. The van der Waals surface area contributed by atoms with Gasteiger partial charge in [-0.05, 0) is 37.3 Å². The standard InChI is InChI=1S/C14H15OP.B/c1-15-12-8-10-14(11-9-12)16(2)13-6-4-3-5-7-13;/h3-11H,1-2H3;. The average Bonchev–Trinajstić information content (AvgIpc) is 2.39. The molecule has 1 nitrogen and oxygen atoms in total. The molecule has 0 N–H and O–H groups in total. The van der Waals surface area contributed by atoms with Gasteiger partial charge in [-0.3, -0.25) is 0 Å². The maximum Gasteiger partial charge on any atom is 0.118 e. The Morgan fingerprint density at radius 3 is 1.88 bits per heavy atom. The smallest absolute Gasteiger partial charge is 0.118 e. The molecule has 3 heteroatoms. The van der Waals surface area contributed by atoms with E-state index in [0.717, 1.165) is 5.75 Å².